The van der Waals surface area contributed by atoms with E-state index in [1.54, 1.807) is 30.3 Å². The van der Waals surface area contributed by atoms with Crippen molar-refractivity contribution in [1.29, 1.82) is 0 Å². The first-order valence-electron chi connectivity index (χ1n) is 7.83. The van der Waals surface area contributed by atoms with Crippen LogP contribution in [0.3, 0.4) is 0 Å². The van der Waals surface area contributed by atoms with E-state index in [0.717, 1.165) is 4.90 Å². The van der Waals surface area contributed by atoms with Crippen molar-refractivity contribution in [3.8, 4) is 11.5 Å². The molecule has 2 aliphatic heterocycles. The van der Waals surface area contributed by atoms with Crippen molar-refractivity contribution in [1.82, 2.24) is 4.31 Å². The lowest BCUT2D eigenvalue weighted by Crippen LogP contribution is -2.38. The highest BCUT2D eigenvalue weighted by molar-refractivity contribution is 7.90. The summed E-state index contributed by atoms with van der Waals surface area (Å²) in [5, 5.41) is 0. The maximum atomic E-state index is 12.9. The fraction of sp³-hybridized carbons (Fsp3) is 0.176. The molecule has 8 nitrogen and oxygen atoms in total. The second-order valence-corrected chi connectivity index (χ2v) is 7.46. The van der Waals surface area contributed by atoms with Gasteiger partial charge in [0.1, 0.15) is 19.8 Å². The Morgan fingerprint density at radius 2 is 1.58 bits per heavy atom. The van der Waals surface area contributed by atoms with Gasteiger partial charge in [-0.25, -0.2) is 13.2 Å². The van der Waals surface area contributed by atoms with E-state index >= 15 is 0 Å². The quantitative estimate of drug-likeness (QED) is 0.758. The molecule has 2 aromatic carbocycles. The smallest absolute Gasteiger partial charge is 0.346 e. The lowest BCUT2D eigenvalue weighted by molar-refractivity contribution is -0.121. The van der Waals surface area contributed by atoms with Crippen molar-refractivity contribution in [2.24, 2.45) is 0 Å². The number of para-hydroxylation sites is 1. The van der Waals surface area contributed by atoms with Gasteiger partial charge < -0.3 is 9.47 Å². The second-order valence-electron chi connectivity index (χ2n) is 5.67. The Bertz CT molecular complexity index is 990. The number of sulfonamides is 1. The zero-order valence-electron chi connectivity index (χ0n) is 13.5. The molecular weight excluding hydrogens is 360 g/mol. The molecule has 0 saturated carbocycles. The van der Waals surface area contributed by atoms with Gasteiger partial charge in [-0.1, -0.05) is 18.2 Å². The molecule has 0 N–H and O–H groups in total. The number of carbonyl (C=O) groups is 2. The highest BCUT2D eigenvalue weighted by Crippen LogP contribution is 2.34. The summed E-state index contributed by atoms with van der Waals surface area (Å²) in [6, 6.07) is 11.5. The van der Waals surface area contributed by atoms with Crippen LogP contribution in [-0.4, -0.2) is 44.4 Å². The van der Waals surface area contributed by atoms with Gasteiger partial charge in [0.15, 0.2) is 11.5 Å². The highest BCUT2D eigenvalue weighted by atomic mass is 32.2. The summed E-state index contributed by atoms with van der Waals surface area (Å²) < 4.78 is 36.8. The van der Waals surface area contributed by atoms with Gasteiger partial charge >= 0.3 is 6.03 Å². The van der Waals surface area contributed by atoms with Gasteiger partial charge in [0.2, 0.25) is 0 Å². The van der Waals surface area contributed by atoms with Crippen LogP contribution in [-0.2, 0) is 14.8 Å². The summed E-state index contributed by atoms with van der Waals surface area (Å²) >= 11 is 0. The molecular formula is C17H14N2O6S. The summed E-state index contributed by atoms with van der Waals surface area (Å²) in [7, 11) is -4.35. The number of hydrogen-bond acceptors (Lipinski definition) is 6. The molecule has 3 amide bonds. The van der Waals surface area contributed by atoms with Crippen molar-refractivity contribution >= 4 is 27.6 Å². The number of anilines is 1. The van der Waals surface area contributed by atoms with E-state index in [1.807, 2.05) is 0 Å². The van der Waals surface area contributed by atoms with Crippen molar-refractivity contribution in [2.75, 3.05) is 24.7 Å². The molecule has 2 aromatic rings. The first kappa shape index (κ1) is 16.4. The van der Waals surface area contributed by atoms with Crippen LogP contribution in [0.25, 0.3) is 0 Å². The third kappa shape index (κ3) is 2.57. The zero-order chi connectivity index (χ0) is 18.3. The van der Waals surface area contributed by atoms with Crippen LogP contribution in [0.2, 0.25) is 0 Å². The average molecular weight is 374 g/mol. The molecule has 0 spiro atoms. The molecule has 0 radical (unpaired) electrons. The zero-order valence-corrected chi connectivity index (χ0v) is 14.3. The molecule has 2 aliphatic rings. The number of urea groups is 1. The number of fused-ring (bicyclic) bond motifs is 1. The highest BCUT2D eigenvalue weighted by Gasteiger charge is 2.45. The lowest BCUT2D eigenvalue weighted by Gasteiger charge is -2.20. The van der Waals surface area contributed by atoms with Crippen molar-refractivity contribution in [3.05, 3.63) is 48.5 Å². The minimum absolute atomic E-state index is 0.210. The SMILES string of the molecule is O=C1CN(c2ccccc2)C(=O)N1S(=O)(=O)c1ccc2c(c1)OCCO2. The Labute approximate surface area is 149 Å². The van der Waals surface area contributed by atoms with Crippen LogP contribution in [0.4, 0.5) is 10.5 Å². The molecule has 0 atom stereocenters. The largest absolute Gasteiger partial charge is 0.486 e. The van der Waals surface area contributed by atoms with Gasteiger partial charge in [0.05, 0.1) is 4.90 Å². The Morgan fingerprint density at radius 1 is 0.885 bits per heavy atom. The molecule has 1 saturated heterocycles. The molecule has 9 heteroatoms. The van der Waals surface area contributed by atoms with Gasteiger partial charge in [0, 0.05) is 11.8 Å². The monoisotopic (exact) mass is 374 g/mol. The van der Waals surface area contributed by atoms with E-state index in [-0.39, 0.29) is 17.2 Å². The van der Waals surface area contributed by atoms with Crippen LogP contribution in [0.1, 0.15) is 0 Å². The summed E-state index contributed by atoms with van der Waals surface area (Å²) in [6.45, 7) is 0.320. The average Bonchev–Trinajstić information content (AvgIpc) is 2.97. The maximum absolute atomic E-state index is 12.9. The molecule has 134 valence electrons. The normalized spacial score (nSPS) is 16.9. The van der Waals surface area contributed by atoms with E-state index in [9.17, 15) is 18.0 Å². The van der Waals surface area contributed by atoms with E-state index < -0.39 is 22.0 Å². The Kier molecular flexibility index (Phi) is 3.80. The number of ether oxygens (including phenoxy) is 2. The minimum atomic E-state index is -4.35. The molecule has 4 rings (SSSR count). The lowest BCUT2D eigenvalue weighted by atomic mass is 10.3. The van der Waals surface area contributed by atoms with Gasteiger partial charge in [-0.05, 0) is 24.3 Å². The molecule has 0 aliphatic carbocycles. The number of rotatable bonds is 3. The number of imide groups is 1. The van der Waals surface area contributed by atoms with Crippen LogP contribution in [0.5, 0.6) is 11.5 Å². The summed E-state index contributed by atoms with van der Waals surface area (Å²) in [4.78, 5) is 25.8. The Morgan fingerprint density at radius 3 is 2.31 bits per heavy atom. The summed E-state index contributed by atoms with van der Waals surface area (Å²) in [5.74, 6) is -0.134. The maximum Gasteiger partial charge on any atom is 0.346 e. The third-order valence-corrected chi connectivity index (χ3v) is 5.73. The van der Waals surface area contributed by atoms with Gasteiger partial charge in [-0.2, -0.15) is 0 Å². The molecule has 1 fully saturated rings. The number of hydrogen-bond donors (Lipinski definition) is 0. The van der Waals surface area contributed by atoms with E-state index in [1.165, 1.54) is 18.2 Å². The first-order valence-corrected chi connectivity index (χ1v) is 9.27. The minimum Gasteiger partial charge on any atom is -0.486 e. The van der Waals surface area contributed by atoms with Gasteiger partial charge in [0.25, 0.3) is 15.9 Å². The van der Waals surface area contributed by atoms with E-state index in [4.69, 9.17) is 9.47 Å². The number of benzene rings is 2. The van der Waals surface area contributed by atoms with E-state index in [0.29, 0.717) is 29.0 Å². The van der Waals surface area contributed by atoms with Crippen LogP contribution in [0.15, 0.2) is 53.4 Å². The van der Waals surface area contributed by atoms with Crippen LogP contribution in [0, 0.1) is 0 Å². The molecule has 0 unspecified atom stereocenters. The van der Waals surface area contributed by atoms with Gasteiger partial charge in [-0.3, -0.25) is 9.69 Å². The first-order chi connectivity index (χ1) is 12.5. The third-order valence-electron chi connectivity index (χ3n) is 4.04. The fourth-order valence-electron chi connectivity index (χ4n) is 2.82. The molecule has 0 aromatic heterocycles. The second kappa shape index (κ2) is 6.03. The topological polar surface area (TPSA) is 93.2 Å². The number of amides is 3. The number of carbonyl (C=O) groups excluding carboxylic acids is 2. The summed E-state index contributed by atoms with van der Waals surface area (Å²) in [6.07, 6.45) is 0. The number of nitrogens with zero attached hydrogens (tertiary/aromatic N) is 2. The van der Waals surface area contributed by atoms with Gasteiger partial charge in [-0.15, -0.1) is 4.31 Å². The molecule has 26 heavy (non-hydrogen) atoms. The van der Waals surface area contributed by atoms with Crippen molar-refractivity contribution in [2.45, 2.75) is 4.90 Å². The predicted octanol–water partition coefficient (Wildman–Crippen LogP) is 1.62. The van der Waals surface area contributed by atoms with Crippen LogP contribution >= 0.6 is 0 Å². The molecule has 0 bridgehead atoms. The summed E-state index contributed by atoms with van der Waals surface area (Å²) in [5.41, 5.74) is 0.450. The van der Waals surface area contributed by atoms with Crippen molar-refractivity contribution in [3.63, 3.8) is 0 Å². The van der Waals surface area contributed by atoms with Crippen LogP contribution < -0.4 is 14.4 Å². The fourth-order valence-corrected chi connectivity index (χ4v) is 4.16. The van der Waals surface area contributed by atoms with Crippen molar-refractivity contribution < 1.29 is 27.5 Å². The predicted molar refractivity (Wildman–Crippen MR) is 90.6 cm³/mol. The standard InChI is InChI=1S/C17H14N2O6S/c20-16-11-18(12-4-2-1-3-5-12)17(21)19(16)26(22,23)13-6-7-14-15(10-13)25-9-8-24-14/h1-7,10H,8-9,11H2. The van der Waals surface area contributed by atoms with E-state index in [2.05, 4.69) is 0 Å². The Balaban J connectivity index is 1.70. The molecule has 2 heterocycles. The Hall–Kier alpha value is -3.07.